The Morgan fingerprint density at radius 1 is 1.24 bits per heavy atom. The fourth-order valence-electron chi connectivity index (χ4n) is 1.72. The predicted molar refractivity (Wildman–Crippen MR) is 57.8 cm³/mol. The second-order valence-electron chi connectivity index (χ2n) is 3.97. The minimum Gasteiger partial charge on any atom is -0.378 e. The van der Waals surface area contributed by atoms with E-state index < -0.39 is 11.6 Å². The second-order valence-corrected chi connectivity index (χ2v) is 3.97. The molecule has 1 fully saturated rings. The normalized spacial score (nSPS) is 16.1. The van der Waals surface area contributed by atoms with Crippen molar-refractivity contribution in [2.75, 3.05) is 26.3 Å². The van der Waals surface area contributed by atoms with E-state index >= 15 is 0 Å². The summed E-state index contributed by atoms with van der Waals surface area (Å²) < 4.78 is 31.8. The summed E-state index contributed by atoms with van der Waals surface area (Å²) in [4.78, 5) is 13.5. The van der Waals surface area contributed by atoms with Crippen LogP contribution in [-0.4, -0.2) is 37.1 Å². The molecule has 1 amide bonds. The summed E-state index contributed by atoms with van der Waals surface area (Å²) in [5.74, 6) is -1.74. The van der Waals surface area contributed by atoms with Gasteiger partial charge in [0.1, 0.15) is 11.6 Å². The lowest BCUT2D eigenvalue weighted by Crippen LogP contribution is -2.40. The van der Waals surface area contributed by atoms with Crippen LogP contribution in [0.2, 0.25) is 0 Å². The number of nitrogens with zero attached hydrogens (tertiary/aromatic N) is 1. The van der Waals surface area contributed by atoms with E-state index in [9.17, 15) is 13.6 Å². The van der Waals surface area contributed by atoms with Crippen molar-refractivity contribution >= 4 is 5.91 Å². The molecule has 0 saturated carbocycles. The maximum absolute atomic E-state index is 13.3. The molecule has 1 aliphatic rings. The van der Waals surface area contributed by atoms with Gasteiger partial charge in [-0.15, -0.1) is 0 Å². The SMILES string of the molecule is Cc1c(F)cc(C(=O)N2CCOCC2)cc1F. The third-order valence-corrected chi connectivity index (χ3v) is 2.83. The molecule has 1 heterocycles. The number of hydrogen-bond acceptors (Lipinski definition) is 2. The zero-order chi connectivity index (χ0) is 12.4. The summed E-state index contributed by atoms with van der Waals surface area (Å²) in [6.07, 6.45) is 0. The molecule has 1 aromatic rings. The number of ether oxygens (including phenoxy) is 1. The summed E-state index contributed by atoms with van der Waals surface area (Å²) in [6, 6.07) is 2.16. The van der Waals surface area contributed by atoms with Gasteiger partial charge < -0.3 is 9.64 Å². The zero-order valence-corrected chi connectivity index (χ0v) is 9.50. The molecule has 0 unspecified atom stereocenters. The predicted octanol–water partition coefficient (Wildman–Crippen LogP) is 1.75. The maximum Gasteiger partial charge on any atom is 0.254 e. The quantitative estimate of drug-likeness (QED) is 0.749. The van der Waals surface area contributed by atoms with Crippen LogP contribution in [0.15, 0.2) is 12.1 Å². The van der Waals surface area contributed by atoms with Crippen molar-refractivity contribution in [2.45, 2.75) is 6.92 Å². The van der Waals surface area contributed by atoms with Gasteiger partial charge in [0, 0.05) is 24.2 Å². The second kappa shape index (κ2) is 4.79. The van der Waals surface area contributed by atoms with E-state index in [2.05, 4.69) is 0 Å². The number of rotatable bonds is 1. The maximum atomic E-state index is 13.3. The standard InChI is InChI=1S/C12H13F2NO2/c1-8-10(13)6-9(7-11(8)14)12(16)15-2-4-17-5-3-15/h6-7H,2-5H2,1H3. The van der Waals surface area contributed by atoms with E-state index in [-0.39, 0.29) is 17.0 Å². The Kier molecular flexibility index (Phi) is 3.38. The van der Waals surface area contributed by atoms with Gasteiger partial charge in [0.05, 0.1) is 13.2 Å². The molecule has 0 radical (unpaired) electrons. The van der Waals surface area contributed by atoms with Crippen LogP contribution in [0.3, 0.4) is 0 Å². The highest BCUT2D eigenvalue weighted by Crippen LogP contribution is 2.16. The molecule has 5 heteroatoms. The van der Waals surface area contributed by atoms with Gasteiger partial charge in [0.2, 0.25) is 0 Å². The zero-order valence-electron chi connectivity index (χ0n) is 9.50. The number of morpholine rings is 1. The van der Waals surface area contributed by atoms with Crippen LogP contribution in [0.1, 0.15) is 15.9 Å². The smallest absolute Gasteiger partial charge is 0.254 e. The Morgan fingerprint density at radius 3 is 2.29 bits per heavy atom. The molecule has 0 aliphatic carbocycles. The van der Waals surface area contributed by atoms with E-state index in [0.717, 1.165) is 12.1 Å². The molecule has 0 spiro atoms. The highest BCUT2D eigenvalue weighted by Gasteiger charge is 2.20. The van der Waals surface area contributed by atoms with Gasteiger partial charge in [-0.2, -0.15) is 0 Å². The van der Waals surface area contributed by atoms with Crippen molar-refractivity contribution < 1.29 is 18.3 Å². The number of amides is 1. The summed E-state index contributed by atoms with van der Waals surface area (Å²) >= 11 is 0. The van der Waals surface area contributed by atoms with Crippen LogP contribution in [0, 0.1) is 18.6 Å². The van der Waals surface area contributed by atoms with E-state index in [1.807, 2.05) is 0 Å². The van der Waals surface area contributed by atoms with Gasteiger partial charge in [0.15, 0.2) is 0 Å². The summed E-state index contributed by atoms with van der Waals surface area (Å²) in [7, 11) is 0. The fraction of sp³-hybridized carbons (Fsp3) is 0.417. The molecular weight excluding hydrogens is 228 g/mol. The minimum atomic E-state index is -0.693. The van der Waals surface area contributed by atoms with Crippen molar-refractivity contribution in [1.29, 1.82) is 0 Å². The first-order valence-electron chi connectivity index (χ1n) is 5.42. The largest absolute Gasteiger partial charge is 0.378 e. The Balaban J connectivity index is 2.24. The molecule has 0 bridgehead atoms. The van der Waals surface area contributed by atoms with Crippen molar-refractivity contribution in [1.82, 2.24) is 4.90 Å². The lowest BCUT2D eigenvalue weighted by atomic mass is 10.1. The highest BCUT2D eigenvalue weighted by molar-refractivity contribution is 5.94. The van der Waals surface area contributed by atoms with Gasteiger partial charge in [0.25, 0.3) is 5.91 Å². The molecule has 2 rings (SSSR count). The lowest BCUT2D eigenvalue weighted by Gasteiger charge is -2.26. The molecule has 1 saturated heterocycles. The molecule has 0 atom stereocenters. The molecule has 3 nitrogen and oxygen atoms in total. The van der Waals surface area contributed by atoms with Gasteiger partial charge in [-0.25, -0.2) is 8.78 Å². The molecule has 1 aromatic carbocycles. The third-order valence-electron chi connectivity index (χ3n) is 2.83. The Morgan fingerprint density at radius 2 is 1.76 bits per heavy atom. The monoisotopic (exact) mass is 241 g/mol. The van der Waals surface area contributed by atoms with E-state index in [4.69, 9.17) is 4.74 Å². The molecule has 0 N–H and O–H groups in total. The number of halogens is 2. The van der Waals surface area contributed by atoms with Crippen LogP contribution in [-0.2, 0) is 4.74 Å². The molecular formula is C12H13F2NO2. The van der Waals surface area contributed by atoms with Gasteiger partial charge >= 0.3 is 0 Å². The first-order chi connectivity index (χ1) is 8.09. The van der Waals surface area contributed by atoms with Gasteiger partial charge in [-0.05, 0) is 19.1 Å². The Bertz CT molecular complexity index is 419. The Labute approximate surface area is 98.0 Å². The molecule has 0 aromatic heterocycles. The molecule has 17 heavy (non-hydrogen) atoms. The van der Waals surface area contributed by atoms with Crippen LogP contribution >= 0.6 is 0 Å². The minimum absolute atomic E-state index is 0.0486. The third kappa shape index (κ3) is 2.44. The topological polar surface area (TPSA) is 29.5 Å². The van der Waals surface area contributed by atoms with E-state index in [1.165, 1.54) is 11.8 Å². The molecule has 1 aliphatic heterocycles. The summed E-state index contributed by atoms with van der Waals surface area (Å²) in [6.45, 7) is 3.17. The van der Waals surface area contributed by atoms with Gasteiger partial charge in [-0.3, -0.25) is 4.79 Å². The van der Waals surface area contributed by atoms with E-state index in [0.29, 0.717) is 26.3 Å². The van der Waals surface area contributed by atoms with Crippen molar-refractivity contribution in [3.05, 3.63) is 34.9 Å². The Hall–Kier alpha value is -1.49. The first kappa shape index (κ1) is 12.0. The van der Waals surface area contributed by atoms with E-state index in [1.54, 1.807) is 0 Å². The van der Waals surface area contributed by atoms with Crippen molar-refractivity contribution in [3.63, 3.8) is 0 Å². The van der Waals surface area contributed by atoms with Crippen molar-refractivity contribution in [2.24, 2.45) is 0 Å². The number of carbonyl (C=O) groups excluding carboxylic acids is 1. The number of hydrogen-bond donors (Lipinski definition) is 0. The van der Waals surface area contributed by atoms with Crippen molar-refractivity contribution in [3.8, 4) is 0 Å². The summed E-state index contributed by atoms with van der Waals surface area (Å²) in [5, 5.41) is 0. The molecule has 92 valence electrons. The van der Waals surface area contributed by atoms with Gasteiger partial charge in [-0.1, -0.05) is 0 Å². The summed E-state index contributed by atoms with van der Waals surface area (Å²) in [5.41, 5.74) is -0.0176. The van der Waals surface area contributed by atoms with Crippen LogP contribution in [0.5, 0.6) is 0 Å². The first-order valence-corrected chi connectivity index (χ1v) is 5.42. The number of carbonyl (C=O) groups is 1. The highest BCUT2D eigenvalue weighted by atomic mass is 19.1. The van der Waals surface area contributed by atoms with Crippen LogP contribution < -0.4 is 0 Å². The lowest BCUT2D eigenvalue weighted by molar-refractivity contribution is 0.0302. The average molecular weight is 241 g/mol. The van der Waals surface area contributed by atoms with Crippen LogP contribution in [0.25, 0.3) is 0 Å². The fourth-order valence-corrected chi connectivity index (χ4v) is 1.72. The van der Waals surface area contributed by atoms with Crippen LogP contribution in [0.4, 0.5) is 8.78 Å². The average Bonchev–Trinajstić information content (AvgIpc) is 2.35. The number of benzene rings is 1.